The van der Waals surface area contributed by atoms with Crippen LogP contribution in [0, 0.1) is 5.92 Å². The number of benzene rings is 1. The minimum Gasteiger partial charge on any atom is -0.493 e. The number of likely N-dealkylation sites (tertiary alicyclic amines) is 1. The summed E-state index contributed by atoms with van der Waals surface area (Å²) in [5, 5.41) is 10.5. The first-order valence-electron chi connectivity index (χ1n) is 10.5. The molecule has 1 saturated carbocycles. The molecule has 2 heterocycles. The highest BCUT2D eigenvalue weighted by molar-refractivity contribution is 5.88. The van der Waals surface area contributed by atoms with E-state index >= 15 is 0 Å². The van der Waals surface area contributed by atoms with Gasteiger partial charge in [0.1, 0.15) is 5.75 Å². The highest BCUT2D eigenvalue weighted by Gasteiger charge is 2.19. The van der Waals surface area contributed by atoms with Crippen LogP contribution >= 0.6 is 0 Å². The topological polar surface area (TPSA) is 67.4 Å². The van der Waals surface area contributed by atoms with Gasteiger partial charge in [-0.1, -0.05) is 36.6 Å². The molecule has 0 unspecified atom stereocenters. The van der Waals surface area contributed by atoms with E-state index in [1.165, 1.54) is 36.8 Å². The Balaban J connectivity index is 1.29. The molecule has 0 bridgehead atoms. The van der Waals surface area contributed by atoms with Gasteiger partial charge >= 0.3 is 6.03 Å². The van der Waals surface area contributed by atoms with Gasteiger partial charge in [0.2, 0.25) is 0 Å². The third-order valence-corrected chi connectivity index (χ3v) is 5.69. The third kappa shape index (κ3) is 5.56. The van der Waals surface area contributed by atoms with E-state index in [1.807, 2.05) is 11.0 Å². The van der Waals surface area contributed by atoms with Crippen molar-refractivity contribution in [1.29, 1.82) is 0 Å². The van der Waals surface area contributed by atoms with Gasteiger partial charge in [0, 0.05) is 19.3 Å². The monoisotopic (exact) mass is 392 g/mol. The molecule has 4 rings (SSSR count). The van der Waals surface area contributed by atoms with E-state index in [-0.39, 0.29) is 6.03 Å². The number of piperidine rings is 1. The maximum Gasteiger partial charge on any atom is 0.323 e. The first-order valence-corrected chi connectivity index (χ1v) is 10.5. The Kier molecular flexibility index (Phi) is 6.39. The van der Waals surface area contributed by atoms with Gasteiger partial charge < -0.3 is 9.64 Å². The molecular formula is C23H28N4O2. The number of aromatic nitrogens is 2. The molecule has 2 aliphatic rings. The number of carbonyl (C=O) groups is 1. The maximum atomic E-state index is 12.4. The summed E-state index contributed by atoms with van der Waals surface area (Å²) >= 11 is 0. The van der Waals surface area contributed by atoms with E-state index in [1.54, 1.807) is 18.3 Å². The van der Waals surface area contributed by atoms with Gasteiger partial charge in [-0.3, -0.25) is 5.32 Å². The highest BCUT2D eigenvalue weighted by atomic mass is 16.5. The molecule has 152 valence electrons. The Morgan fingerprint density at radius 1 is 1.17 bits per heavy atom. The lowest BCUT2D eigenvalue weighted by Crippen LogP contribution is -2.39. The first kappa shape index (κ1) is 19.4. The van der Waals surface area contributed by atoms with Crippen molar-refractivity contribution in [2.45, 2.75) is 38.5 Å². The molecule has 2 aromatic rings. The predicted molar refractivity (Wildman–Crippen MR) is 114 cm³/mol. The molecule has 0 radical (unpaired) electrons. The van der Waals surface area contributed by atoms with E-state index in [4.69, 9.17) is 4.74 Å². The Bertz CT molecular complexity index is 837. The van der Waals surface area contributed by atoms with Crippen LogP contribution in [0.1, 0.15) is 44.1 Å². The molecule has 6 nitrogen and oxygen atoms in total. The van der Waals surface area contributed by atoms with E-state index in [0.29, 0.717) is 24.8 Å². The maximum absolute atomic E-state index is 12.4. The van der Waals surface area contributed by atoms with E-state index in [0.717, 1.165) is 25.2 Å². The van der Waals surface area contributed by atoms with Gasteiger partial charge in [-0.05, 0) is 61.4 Å². The zero-order chi connectivity index (χ0) is 19.9. The van der Waals surface area contributed by atoms with Crippen molar-refractivity contribution in [3.05, 3.63) is 53.7 Å². The second-order valence-corrected chi connectivity index (χ2v) is 7.86. The lowest BCUT2D eigenvalue weighted by Gasteiger charge is -2.28. The standard InChI is InChI=1S/C23H28N4O2/c28-23(25-22-9-4-12-24-26-22)27-13-10-18(11-14-27)15-20-7-3-8-21(16-20)29-17-19-5-1-2-6-19/h3-4,7-9,12,15-16,19H,1-2,5-6,10-11,13-14,17H2,(H,25,26,28). The number of hydrogen-bond acceptors (Lipinski definition) is 4. The number of rotatable bonds is 5. The molecule has 0 spiro atoms. The fourth-order valence-corrected chi connectivity index (χ4v) is 4.02. The largest absolute Gasteiger partial charge is 0.493 e. The van der Waals surface area contributed by atoms with Gasteiger partial charge in [-0.15, -0.1) is 5.10 Å². The number of amides is 2. The third-order valence-electron chi connectivity index (χ3n) is 5.69. The summed E-state index contributed by atoms with van der Waals surface area (Å²) in [6.07, 6.45) is 10.8. The molecule has 2 amide bonds. The number of urea groups is 1. The molecule has 29 heavy (non-hydrogen) atoms. The molecule has 1 aromatic heterocycles. The van der Waals surface area contributed by atoms with Crippen molar-refractivity contribution < 1.29 is 9.53 Å². The Morgan fingerprint density at radius 3 is 2.76 bits per heavy atom. The van der Waals surface area contributed by atoms with Crippen LogP contribution in [0.4, 0.5) is 10.6 Å². The predicted octanol–water partition coefficient (Wildman–Crippen LogP) is 4.76. The van der Waals surface area contributed by atoms with Crippen LogP contribution in [-0.2, 0) is 0 Å². The molecular weight excluding hydrogens is 364 g/mol. The SMILES string of the molecule is O=C(Nc1cccnn1)N1CCC(=Cc2cccc(OCC3CCCC3)c2)CC1. The van der Waals surface area contributed by atoms with Gasteiger partial charge in [-0.25, -0.2) is 4.79 Å². The van der Waals surface area contributed by atoms with Crippen LogP contribution in [0.2, 0.25) is 0 Å². The quantitative estimate of drug-likeness (QED) is 0.797. The minimum atomic E-state index is -0.119. The van der Waals surface area contributed by atoms with Gasteiger partial charge in [-0.2, -0.15) is 5.10 Å². The summed E-state index contributed by atoms with van der Waals surface area (Å²) in [4.78, 5) is 14.2. The van der Waals surface area contributed by atoms with Gasteiger partial charge in [0.05, 0.1) is 6.61 Å². The van der Waals surface area contributed by atoms with Crippen molar-refractivity contribution in [3.63, 3.8) is 0 Å². The second kappa shape index (κ2) is 9.54. The summed E-state index contributed by atoms with van der Waals surface area (Å²) in [6, 6.07) is 11.7. The molecule has 6 heteroatoms. The zero-order valence-corrected chi connectivity index (χ0v) is 16.7. The molecule has 1 aromatic carbocycles. The first-order chi connectivity index (χ1) is 14.3. The molecule has 1 aliphatic heterocycles. The number of anilines is 1. The van der Waals surface area contributed by atoms with Crippen molar-refractivity contribution >= 4 is 17.9 Å². The molecule has 1 N–H and O–H groups in total. The van der Waals surface area contributed by atoms with Crippen LogP contribution in [0.5, 0.6) is 5.75 Å². The average molecular weight is 393 g/mol. The number of nitrogens with one attached hydrogen (secondary N) is 1. The van der Waals surface area contributed by atoms with Crippen LogP contribution in [0.25, 0.3) is 6.08 Å². The van der Waals surface area contributed by atoms with E-state index in [2.05, 4.69) is 39.8 Å². The van der Waals surface area contributed by atoms with Crippen LogP contribution < -0.4 is 10.1 Å². The highest BCUT2D eigenvalue weighted by Crippen LogP contribution is 2.26. The summed E-state index contributed by atoms with van der Waals surface area (Å²) in [6.45, 7) is 2.24. The Morgan fingerprint density at radius 2 is 2.00 bits per heavy atom. The summed E-state index contributed by atoms with van der Waals surface area (Å²) < 4.78 is 6.02. The second-order valence-electron chi connectivity index (χ2n) is 7.86. The van der Waals surface area contributed by atoms with E-state index in [9.17, 15) is 4.79 Å². The van der Waals surface area contributed by atoms with Gasteiger partial charge in [0.25, 0.3) is 0 Å². The number of ether oxygens (including phenoxy) is 1. The molecule has 0 atom stereocenters. The molecule has 2 fully saturated rings. The van der Waals surface area contributed by atoms with E-state index < -0.39 is 0 Å². The summed E-state index contributed by atoms with van der Waals surface area (Å²) in [5.74, 6) is 2.15. The normalized spacial score (nSPS) is 17.2. The number of carbonyl (C=O) groups excluding carboxylic acids is 1. The summed E-state index contributed by atoms with van der Waals surface area (Å²) in [7, 11) is 0. The lowest BCUT2D eigenvalue weighted by molar-refractivity contribution is 0.207. The minimum absolute atomic E-state index is 0.119. The molecule has 1 saturated heterocycles. The smallest absolute Gasteiger partial charge is 0.323 e. The van der Waals surface area contributed by atoms with Crippen LogP contribution in [0.3, 0.4) is 0 Å². The van der Waals surface area contributed by atoms with Gasteiger partial charge in [0.15, 0.2) is 5.82 Å². The fourth-order valence-electron chi connectivity index (χ4n) is 4.02. The van der Waals surface area contributed by atoms with Crippen molar-refractivity contribution in [2.75, 3.05) is 25.0 Å². The van der Waals surface area contributed by atoms with Crippen molar-refractivity contribution in [2.24, 2.45) is 5.92 Å². The lowest BCUT2D eigenvalue weighted by atomic mass is 10.0. The average Bonchev–Trinajstić information content (AvgIpc) is 3.28. The number of nitrogens with zero attached hydrogens (tertiary/aromatic N) is 3. The fraction of sp³-hybridized carbons (Fsp3) is 0.435. The zero-order valence-electron chi connectivity index (χ0n) is 16.7. The Hall–Kier alpha value is -2.89. The Labute approximate surface area is 172 Å². The van der Waals surface area contributed by atoms with Crippen LogP contribution in [-0.4, -0.2) is 40.8 Å². The molecule has 1 aliphatic carbocycles. The summed E-state index contributed by atoms with van der Waals surface area (Å²) in [5.41, 5.74) is 2.53. The van der Waals surface area contributed by atoms with Crippen molar-refractivity contribution in [3.8, 4) is 5.75 Å². The van der Waals surface area contributed by atoms with Crippen LogP contribution in [0.15, 0.2) is 48.2 Å². The number of hydrogen-bond donors (Lipinski definition) is 1. The van der Waals surface area contributed by atoms with Crippen molar-refractivity contribution in [1.82, 2.24) is 15.1 Å².